The fourth-order valence-corrected chi connectivity index (χ4v) is 8.32. The van der Waals surface area contributed by atoms with E-state index < -0.39 is 8.56 Å². The third-order valence-corrected chi connectivity index (χ3v) is 9.99. The monoisotopic (exact) mass is 464 g/mol. The SMILES string of the molecule is CCc1cc(C)c2c(c1)Cc1cc(CC)cc(C)c1O[Si](c1ccccc1)(c1ccccc1)O2. The van der Waals surface area contributed by atoms with Gasteiger partial charge in [-0.1, -0.05) is 98.8 Å². The van der Waals surface area contributed by atoms with Gasteiger partial charge in [0.15, 0.2) is 0 Å². The van der Waals surface area contributed by atoms with Crippen molar-refractivity contribution in [2.75, 3.05) is 0 Å². The summed E-state index contributed by atoms with van der Waals surface area (Å²) in [5.74, 6) is 1.95. The summed E-state index contributed by atoms with van der Waals surface area (Å²) in [7, 11) is -3.14. The Bertz CT molecular complexity index is 1210. The largest absolute Gasteiger partial charge is 0.531 e. The van der Waals surface area contributed by atoms with Gasteiger partial charge in [0, 0.05) is 16.8 Å². The van der Waals surface area contributed by atoms with Gasteiger partial charge in [-0.2, -0.15) is 0 Å². The summed E-state index contributed by atoms with van der Waals surface area (Å²) in [6.07, 6.45) is 2.82. The topological polar surface area (TPSA) is 18.5 Å². The first-order chi connectivity index (χ1) is 16.5. The van der Waals surface area contributed by atoms with Gasteiger partial charge in [0.05, 0.1) is 0 Å². The molecule has 34 heavy (non-hydrogen) atoms. The Morgan fingerprint density at radius 3 is 1.41 bits per heavy atom. The second-order valence-electron chi connectivity index (χ2n) is 9.24. The highest BCUT2D eigenvalue weighted by Gasteiger charge is 2.49. The van der Waals surface area contributed by atoms with Crippen molar-refractivity contribution in [2.45, 2.75) is 47.0 Å². The molecule has 1 heterocycles. The predicted octanol–water partition coefficient (Wildman–Crippen LogP) is 6.05. The third-order valence-electron chi connectivity index (χ3n) is 6.82. The summed E-state index contributed by atoms with van der Waals surface area (Å²) in [5.41, 5.74) is 7.54. The fraction of sp³-hybridized carbons (Fsp3) is 0.226. The van der Waals surface area contributed by atoms with E-state index in [0.717, 1.165) is 41.1 Å². The number of fused-ring (bicyclic) bond motifs is 2. The number of hydrogen-bond acceptors (Lipinski definition) is 2. The maximum Gasteiger partial charge on any atom is 0.531 e. The number of benzene rings is 4. The van der Waals surface area contributed by atoms with E-state index in [-0.39, 0.29) is 0 Å². The van der Waals surface area contributed by atoms with Gasteiger partial charge in [-0.05, 0) is 60.1 Å². The van der Waals surface area contributed by atoms with Crippen LogP contribution in [-0.2, 0) is 19.3 Å². The second kappa shape index (κ2) is 9.15. The van der Waals surface area contributed by atoms with Crippen molar-refractivity contribution in [3.63, 3.8) is 0 Å². The van der Waals surface area contributed by atoms with E-state index >= 15 is 0 Å². The van der Waals surface area contributed by atoms with Crippen LogP contribution in [0.25, 0.3) is 0 Å². The van der Waals surface area contributed by atoms with Crippen LogP contribution in [0.2, 0.25) is 0 Å². The molecule has 4 aromatic carbocycles. The highest BCUT2D eigenvalue weighted by Crippen LogP contribution is 2.38. The van der Waals surface area contributed by atoms with Gasteiger partial charge in [0.1, 0.15) is 11.5 Å². The Kier molecular flexibility index (Phi) is 6.05. The summed E-state index contributed by atoms with van der Waals surface area (Å²) in [6, 6.07) is 30.3. The van der Waals surface area contributed by atoms with Gasteiger partial charge in [-0.15, -0.1) is 0 Å². The number of rotatable bonds is 4. The quantitative estimate of drug-likeness (QED) is 0.343. The minimum Gasteiger partial charge on any atom is -0.505 e. The number of hydrogen-bond donors (Lipinski definition) is 0. The van der Waals surface area contributed by atoms with Crippen LogP contribution in [0, 0.1) is 13.8 Å². The summed E-state index contributed by atoms with van der Waals surface area (Å²) >= 11 is 0. The van der Waals surface area contributed by atoms with E-state index in [9.17, 15) is 0 Å². The zero-order valence-corrected chi connectivity index (χ0v) is 21.5. The predicted molar refractivity (Wildman–Crippen MR) is 143 cm³/mol. The maximum absolute atomic E-state index is 7.21. The molecule has 0 fully saturated rings. The number of aryl methyl sites for hydroxylation is 4. The zero-order valence-electron chi connectivity index (χ0n) is 20.5. The molecule has 4 aromatic rings. The Hall–Kier alpha value is -3.30. The van der Waals surface area contributed by atoms with Crippen LogP contribution in [0.3, 0.4) is 0 Å². The molecule has 1 aliphatic heterocycles. The van der Waals surface area contributed by atoms with Crippen LogP contribution in [0.4, 0.5) is 0 Å². The lowest BCUT2D eigenvalue weighted by Crippen LogP contribution is -2.68. The van der Waals surface area contributed by atoms with E-state index in [1.165, 1.54) is 33.4 Å². The molecule has 0 atom stereocenters. The lowest BCUT2D eigenvalue weighted by molar-refractivity contribution is 0.403. The molecule has 0 N–H and O–H groups in total. The average Bonchev–Trinajstić information content (AvgIpc) is 2.86. The zero-order chi connectivity index (χ0) is 23.7. The first kappa shape index (κ1) is 22.5. The first-order valence-electron chi connectivity index (χ1n) is 12.3. The second-order valence-corrected chi connectivity index (χ2v) is 12.0. The third kappa shape index (κ3) is 3.95. The van der Waals surface area contributed by atoms with Crippen molar-refractivity contribution in [1.29, 1.82) is 0 Å². The van der Waals surface area contributed by atoms with Crippen molar-refractivity contribution in [2.24, 2.45) is 0 Å². The maximum atomic E-state index is 7.21. The van der Waals surface area contributed by atoms with Gasteiger partial charge < -0.3 is 8.85 Å². The highest BCUT2D eigenvalue weighted by molar-refractivity contribution is 6.93. The molecule has 0 aliphatic carbocycles. The van der Waals surface area contributed by atoms with E-state index in [4.69, 9.17) is 8.85 Å². The van der Waals surface area contributed by atoms with Crippen LogP contribution >= 0.6 is 0 Å². The highest BCUT2D eigenvalue weighted by atomic mass is 28.4. The molecule has 0 spiro atoms. The molecule has 172 valence electrons. The van der Waals surface area contributed by atoms with Crippen molar-refractivity contribution in [1.82, 2.24) is 0 Å². The van der Waals surface area contributed by atoms with E-state index in [1.54, 1.807) is 0 Å². The first-order valence-corrected chi connectivity index (χ1v) is 14.1. The Labute approximate surface area is 204 Å². The van der Waals surface area contributed by atoms with Crippen LogP contribution in [0.15, 0.2) is 84.9 Å². The average molecular weight is 465 g/mol. The molecule has 0 saturated heterocycles. The van der Waals surface area contributed by atoms with Crippen LogP contribution < -0.4 is 19.2 Å². The lowest BCUT2D eigenvalue weighted by Gasteiger charge is -2.37. The molecule has 5 rings (SSSR count). The van der Waals surface area contributed by atoms with E-state index in [2.05, 4.69) is 113 Å². The van der Waals surface area contributed by atoms with Gasteiger partial charge in [-0.25, -0.2) is 0 Å². The summed E-state index contributed by atoms with van der Waals surface area (Å²) in [6.45, 7) is 8.77. The molecular weight excluding hydrogens is 432 g/mol. The van der Waals surface area contributed by atoms with E-state index in [1.807, 2.05) is 0 Å². The van der Waals surface area contributed by atoms with Gasteiger partial charge in [0.2, 0.25) is 0 Å². The standard InChI is InChI=1S/C31H32O2Si/c1-5-24-17-22(3)30-26(19-24)21-27-20-25(6-2)18-23(4)31(27)33-34(32-30,28-13-9-7-10-14-28)29-15-11-8-12-16-29/h7-20H,5-6,21H2,1-4H3. The molecule has 0 aromatic heterocycles. The van der Waals surface area contributed by atoms with Gasteiger partial charge in [0.25, 0.3) is 0 Å². The van der Waals surface area contributed by atoms with Gasteiger partial charge >= 0.3 is 8.56 Å². The molecule has 3 heteroatoms. The Balaban J connectivity index is 1.86. The summed E-state index contributed by atoms with van der Waals surface area (Å²) < 4.78 is 14.4. The van der Waals surface area contributed by atoms with Gasteiger partial charge in [-0.3, -0.25) is 0 Å². The lowest BCUT2D eigenvalue weighted by atomic mass is 9.94. The van der Waals surface area contributed by atoms with Crippen molar-refractivity contribution in [3.8, 4) is 11.5 Å². The minimum absolute atomic E-state index is 0.808. The Morgan fingerprint density at radius 2 is 1.03 bits per heavy atom. The summed E-state index contributed by atoms with van der Waals surface area (Å²) in [5, 5.41) is 2.22. The molecule has 0 bridgehead atoms. The molecule has 0 unspecified atom stereocenters. The molecule has 0 amide bonds. The fourth-order valence-electron chi connectivity index (χ4n) is 5.05. The van der Waals surface area contributed by atoms with Crippen LogP contribution in [0.5, 0.6) is 11.5 Å². The molecule has 0 radical (unpaired) electrons. The molecule has 1 aliphatic rings. The van der Waals surface area contributed by atoms with Crippen molar-refractivity contribution in [3.05, 3.63) is 118 Å². The Morgan fingerprint density at radius 1 is 0.618 bits per heavy atom. The molecule has 0 saturated carbocycles. The molecular formula is C31H32O2Si. The van der Waals surface area contributed by atoms with Crippen molar-refractivity contribution >= 4 is 18.9 Å². The normalized spacial score (nSPS) is 14.1. The van der Waals surface area contributed by atoms with E-state index in [0.29, 0.717) is 0 Å². The molecule has 2 nitrogen and oxygen atoms in total. The van der Waals surface area contributed by atoms with Crippen LogP contribution in [-0.4, -0.2) is 8.56 Å². The smallest absolute Gasteiger partial charge is 0.505 e. The van der Waals surface area contributed by atoms with Crippen molar-refractivity contribution < 1.29 is 8.85 Å². The minimum atomic E-state index is -3.14. The van der Waals surface area contributed by atoms with Crippen LogP contribution in [0.1, 0.15) is 47.2 Å². The summed E-state index contributed by atoms with van der Waals surface area (Å²) in [4.78, 5) is 0.